The number of hydrogen-bond acceptors (Lipinski definition) is 3. The SMILES string of the molecule is C=CCOCC(NC(=O)CCC1CCC1)C(=O)O. The van der Waals surface area contributed by atoms with Crippen LogP contribution in [0, 0.1) is 5.92 Å². The summed E-state index contributed by atoms with van der Waals surface area (Å²) in [5, 5.41) is 11.4. The molecule has 0 aromatic carbocycles. The molecule has 0 aliphatic heterocycles. The molecule has 1 aliphatic carbocycles. The van der Waals surface area contributed by atoms with E-state index in [-0.39, 0.29) is 19.1 Å². The Bertz CT molecular complexity index is 299. The molecular weight excluding hydrogens is 234 g/mol. The van der Waals surface area contributed by atoms with Crippen LogP contribution < -0.4 is 5.32 Å². The van der Waals surface area contributed by atoms with Gasteiger partial charge in [0, 0.05) is 6.42 Å². The van der Waals surface area contributed by atoms with Crippen LogP contribution in [0.3, 0.4) is 0 Å². The summed E-state index contributed by atoms with van der Waals surface area (Å²) in [5.74, 6) is -0.636. The Balaban J connectivity index is 2.22. The Morgan fingerprint density at radius 2 is 2.22 bits per heavy atom. The first-order chi connectivity index (χ1) is 8.63. The van der Waals surface area contributed by atoms with Crippen molar-refractivity contribution < 1.29 is 19.4 Å². The third kappa shape index (κ3) is 5.31. The van der Waals surface area contributed by atoms with E-state index in [1.807, 2.05) is 0 Å². The highest BCUT2D eigenvalue weighted by molar-refractivity contribution is 5.83. The highest BCUT2D eigenvalue weighted by atomic mass is 16.5. The molecule has 1 amide bonds. The number of aliphatic carboxylic acids is 1. The van der Waals surface area contributed by atoms with Crippen molar-refractivity contribution in [2.24, 2.45) is 5.92 Å². The van der Waals surface area contributed by atoms with Crippen LogP contribution in [0.4, 0.5) is 0 Å². The number of rotatable bonds is 9. The van der Waals surface area contributed by atoms with Gasteiger partial charge in [-0.1, -0.05) is 25.3 Å². The second-order valence-corrected chi connectivity index (χ2v) is 4.62. The minimum absolute atomic E-state index is 0.0312. The Kier molecular flexibility index (Phi) is 6.43. The van der Waals surface area contributed by atoms with E-state index in [4.69, 9.17) is 9.84 Å². The monoisotopic (exact) mass is 255 g/mol. The molecule has 2 N–H and O–H groups in total. The average molecular weight is 255 g/mol. The molecule has 0 bridgehead atoms. The zero-order valence-electron chi connectivity index (χ0n) is 10.6. The van der Waals surface area contributed by atoms with Gasteiger partial charge < -0.3 is 15.2 Å². The lowest BCUT2D eigenvalue weighted by Gasteiger charge is -2.25. The molecule has 5 heteroatoms. The van der Waals surface area contributed by atoms with Crippen LogP contribution in [-0.2, 0) is 14.3 Å². The summed E-state index contributed by atoms with van der Waals surface area (Å²) < 4.78 is 5.05. The maximum Gasteiger partial charge on any atom is 0.328 e. The molecule has 102 valence electrons. The van der Waals surface area contributed by atoms with Gasteiger partial charge in [0.05, 0.1) is 13.2 Å². The third-order valence-electron chi connectivity index (χ3n) is 3.16. The second kappa shape index (κ2) is 7.87. The summed E-state index contributed by atoms with van der Waals surface area (Å²) in [6, 6.07) is -0.973. The minimum Gasteiger partial charge on any atom is -0.480 e. The normalized spacial score (nSPS) is 16.7. The topological polar surface area (TPSA) is 75.6 Å². The van der Waals surface area contributed by atoms with Crippen LogP contribution in [0.15, 0.2) is 12.7 Å². The van der Waals surface area contributed by atoms with Crippen molar-refractivity contribution in [3.63, 3.8) is 0 Å². The van der Waals surface area contributed by atoms with Gasteiger partial charge in [-0.25, -0.2) is 4.79 Å². The molecule has 0 spiro atoms. The van der Waals surface area contributed by atoms with Crippen molar-refractivity contribution in [1.82, 2.24) is 5.32 Å². The summed E-state index contributed by atoms with van der Waals surface area (Å²) >= 11 is 0. The Labute approximate surface area is 107 Å². The van der Waals surface area contributed by atoms with Crippen LogP contribution in [0.2, 0.25) is 0 Å². The average Bonchev–Trinajstić information content (AvgIpc) is 2.25. The standard InChI is InChI=1S/C13H21NO4/c1-2-8-18-9-11(13(16)17)14-12(15)7-6-10-4-3-5-10/h2,10-11H,1,3-9H2,(H,14,15)(H,16,17). The first-order valence-electron chi connectivity index (χ1n) is 6.34. The van der Waals surface area contributed by atoms with Crippen LogP contribution >= 0.6 is 0 Å². The molecule has 0 radical (unpaired) electrons. The van der Waals surface area contributed by atoms with Gasteiger partial charge in [0.1, 0.15) is 0 Å². The molecule has 0 saturated heterocycles. The van der Waals surface area contributed by atoms with Crippen LogP contribution in [0.25, 0.3) is 0 Å². The van der Waals surface area contributed by atoms with Crippen molar-refractivity contribution in [3.8, 4) is 0 Å². The summed E-state index contributed by atoms with van der Waals surface area (Å²) in [5.41, 5.74) is 0. The van der Waals surface area contributed by atoms with Crippen molar-refractivity contribution in [1.29, 1.82) is 0 Å². The molecule has 1 unspecified atom stereocenters. The highest BCUT2D eigenvalue weighted by Gasteiger charge is 2.22. The molecule has 0 heterocycles. The fourth-order valence-electron chi connectivity index (χ4n) is 1.83. The smallest absolute Gasteiger partial charge is 0.328 e. The van der Waals surface area contributed by atoms with Crippen LogP contribution in [0.5, 0.6) is 0 Å². The van der Waals surface area contributed by atoms with Crippen molar-refractivity contribution in [2.75, 3.05) is 13.2 Å². The minimum atomic E-state index is -1.07. The maximum atomic E-state index is 11.6. The van der Waals surface area contributed by atoms with Crippen molar-refractivity contribution >= 4 is 11.9 Å². The molecule has 1 aliphatic rings. The maximum absolute atomic E-state index is 11.6. The number of carboxylic acids is 1. The Morgan fingerprint density at radius 1 is 1.50 bits per heavy atom. The predicted octanol–water partition coefficient (Wildman–Crippen LogP) is 1.34. The van der Waals surface area contributed by atoms with E-state index < -0.39 is 12.0 Å². The molecule has 5 nitrogen and oxygen atoms in total. The van der Waals surface area contributed by atoms with Crippen molar-refractivity contribution in [3.05, 3.63) is 12.7 Å². The molecule has 0 aromatic rings. The van der Waals surface area contributed by atoms with Gasteiger partial charge in [-0.15, -0.1) is 6.58 Å². The van der Waals surface area contributed by atoms with Crippen LogP contribution in [-0.4, -0.2) is 36.2 Å². The molecular formula is C13H21NO4. The Hall–Kier alpha value is -1.36. The van der Waals surface area contributed by atoms with E-state index in [9.17, 15) is 9.59 Å². The quantitative estimate of drug-likeness (QED) is 0.481. The van der Waals surface area contributed by atoms with Gasteiger partial charge in [0.2, 0.25) is 5.91 Å². The van der Waals surface area contributed by atoms with E-state index in [1.165, 1.54) is 25.3 Å². The van der Waals surface area contributed by atoms with E-state index in [0.717, 1.165) is 6.42 Å². The first kappa shape index (κ1) is 14.7. The fourth-order valence-corrected chi connectivity index (χ4v) is 1.83. The number of carboxylic acid groups (broad SMARTS) is 1. The van der Waals surface area contributed by atoms with Gasteiger partial charge in [-0.3, -0.25) is 4.79 Å². The predicted molar refractivity (Wildman–Crippen MR) is 67.2 cm³/mol. The summed E-state index contributed by atoms with van der Waals surface area (Å²) in [6.45, 7) is 3.72. The lowest BCUT2D eigenvalue weighted by atomic mass is 9.82. The molecule has 1 atom stereocenters. The number of carbonyl (C=O) groups is 2. The second-order valence-electron chi connectivity index (χ2n) is 4.62. The van der Waals surface area contributed by atoms with Gasteiger partial charge in [0.25, 0.3) is 0 Å². The summed E-state index contributed by atoms with van der Waals surface area (Å²) in [6.07, 6.45) is 6.43. The van der Waals surface area contributed by atoms with E-state index in [1.54, 1.807) is 0 Å². The lowest BCUT2D eigenvalue weighted by molar-refractivity contribution is -0.143. The van der Waals surface area contributed by atoms with Gasteiger partial charge in [0.15, 0.2) is 6.04 Å². The number of carbonyl (C=O) groups excluding carboxylic acids is 1. The lowest BCUT2D eigenvalue weighted by Crippen LogP contribution is -2.44. The van der Waals surface area contributed by atoms with E-state index in [0.29, 0.717) is 12.3 Å². The van der Waals surface area contributed by atoms with E-state index in [2.05, 4.69) is 11.9 Å². The number of nitrogens with one attached hydrogen (secondary N) is 1. The van der Waals surface area contributed by atoms with Gasteiger partial charge >= 0.3 is 5.97 Å². The number of hydrogen-bond donors (Lipinski definition) is 2. The van der Waals surface area contributed by atoms with Gasteiger partial charge in [-0.2, -0.15) is 0 Å². The molecule has 0 aromatic heterocycles. The summed E-state index contributed by atoms with van der Waals surface area (Å²) in [7, 11) is 0. The Morgan fingerprint density at radius 3 is 2.72 bits per heavy atom. The number of ether oxygens (including phenoxy) is 1. The molecule has 1 rings (SSSR count). The molecule has 1 fully saturated rings. The third-order valence-corrected chi connectivity index (χ3v) is 3.16. The fraction of sp³-hybridized carbons (Fsp3) is 0.692. The van der Waals surface area contributed by atoms with Gasteiger partial charge in [-0.05, 0) is 12.3 Å². The number of amides is 1. The van der Waals surface area contributed by atoms with Crippen LogP contribution in [0.1, 0.15) is 32.1 Å². The molecule has 18 heavy (non-hydrogen) atoms. The first-order valence-corrected chi connectivity index (χ1v) is 6.34. The summed E-state index contributed by atoms with van der Waals surface area (Å²) in [4.78, 5) is 22.5. The zero-order valence-corrected chi connectivity index (χ0v) is 10.6. The molecule has 1 saturated carbocycles. The zero-order chi connectivity index (χ0) is 13.4. The largest absolute Gasteiger partial charge is 0.480 e. The van der Waals surface area contributed by atoms with E-state index >= 15 is 0 Å². The van der Waals surface area contributed by atoms with Crippen molar-refractivity contribution in [2.45, 2.75) is 38.1 Å². The highest BCUT2D eigenvalue weighted by Crippen LogP contribution is 2.30.